The van der Waals surface area contributed by atoms with Gasteiger partial charge in [0.2, 0.25) is 11.8 Å². The lowest BCUT2D eigenvalue weighted by Crippen LogP contribution is -2.39. The van der Waals surface area contributed by atoms with Crippen LogP contribution in [-0.4, -0.2) is 39.1 Å². The van der Waals surface area contributed by atoms with Crippen LogP contribution in [0.25, 0.3) is 0 Å². The molecule has 0 bridgehead atoms. The van der Waals surface area contributed by atoms with Gasteiger partial charge in [-0.3, -0.25) is 4.98 Å². The summed E-state index contributed by atoms with van der Waals surface area (Å²) in [5.74, 6) is 1.40. The first-order chi connectivity index (χ1) is 9.81. The average molecular weight is 271 g/mol. The normalized spacial score (nSPS) is 16.1. The Balaban J connectivity index is 1.56. The number of anilines is 1. The summed E-state index contributed by atoms with van der Waals surface area (Å²) in [4.78, 5) is 19.1. The number of hydrogen-bond acceptors (Lipinski definition) is 6. The average Bonchev–Trinajstić information content (AvgIpc) is 2.49. The van der Waals surface area contributed by atoms with Crippen molar-refractivity contribution < 1.29 is 4.74 Å². The monoisotopic (exact) mass is 271 g/mol. The van der Waals surface area contributed by atoms with E-state index in [9.17, 15) is 0 Å². The van der Waals surface area contributed by atoms with E-state index in [0.717, 1.165) is 37.6 Å². The summed E-state index contributed by atoms with van der Waals surface area (Å²) in [6.07, 6.45) is 9.00. The summed E-state index contributed by atoms with van der Waals surface area (Å²) >= 11 is 0. The van der Waals surface area contributed by atoms with Crippen LogP contribution in [0.2, 0.25) is 0 Å². The van der Waals surface area contributed by atoms with E-state index < -0.39 is 0 Å². The number of aromatic nitrogens is 4. The van der Waals surface area contributed by atoms with Gasteiger partial charge < -0.3 is 9.64 Å². The number of nitrogens with zero attached hydrogens (tertiary/aromatic N) is 5. The number of rotatable bonds is 3. The first-order valence-electron chi connectivity index (χ1n) is 6.78. The van der Waals surface area contributed by atoms with Gasteiger partial charge in [0.15, 0.2) is 0 Å². The number of aryl methyl sites for hydroxylation is 1. The molecule has 104 valence electrons. The zero-order chi connectivity index (χ0) is 13.8. The highest BCUT2D eigenvalue weighted by Gasteiger charge is 2.22. The third-order valence-corrected chi connectivity index (χ3v) is 3.30. The lowest BCUT2D eigenvalue weighted by atomic mass is 10.1. The van der Waals surface area contributed by atoms with Gasteiger partial charge in [0.05, 0.1) is 11.9 Å². The molecule has 1 aliphatic rings. The van der Waals surface area contributed by atoms with Crippen LogP contribution >= 0.6 is 0 Å². The van der Waals surface area contributed by atoms with Gasteiger partial charge in [-0.25, -0.2) is 15.0 Å². The highest BCUT2D eigenvalue weighted by atomic mass is 16.5. The minimum atomic E-state index is 0.186. The van der Waals surface area contributed by atoms with Crippen molar-refractivity contribution in [2.24, 2.45) is 0 Å². The maximum atomic E-state index is 5.88. The topological polar surface area (TPSA) is 64.0 Å². The van der Waals surface area contributed by atoms with Crippen LogP contribution in [0.4, 0.5) is 5.95 Å². The summed E-state index contributed by atoms with van der Waals surface area (Å²) < 4.78 is 5.88. The molecule has 0 N–H and O–H groups in total. The highest BCUT2D eigenvalue weighted by Crippen LogP contribution is 2.19. The van der Waals surface area contributed by atoms with Crippen molar-refractivity contribution in [3.05, 3.63) is 36.5 Å². The fraction of sp³-hybridized carbons (Fsp3) is 0.429. The van der Waals surface area contributed by atoms with Crippen molar-refractivity contribution in [1.29, 1.82) is 0 Å². The summed E-state index contributed by atoms with van der Waals surface area (Å²) in [7, 11) is 0. The van der Waals surface area contributed by atoms with Crippen LogP contribution in [0, 0.1) is 6.92 Å². The molecular weight excluding hydrogens is 254 g/mol. The lowest BCUT2D eigenvalue weighted by molar-refractivity contribution is 0.162. The molecule has 6 nitrogen and oxygen atoms in total. The molecule has 0 aromatic carbocycles. The third kappa shape index (κ3) is 3.01. The van der Waals surface area contributed by atoms with Gasteiger partial charge in [0.1, 0.15) is 6.10 Å². The molecule has 0 saturated carbocycles. The van der Waals surface area contributed by atoms with Crippen molar-refractivity contribution in [1.82, 2.24) is 19.9 Å². The summed E-state index contributed by atoms with van der Waals surface area (Å²) in [5, 5.41) is 0. The van der Waals surface area contributed by atoms with Crippen molar-refractivity contribution in [2.45, 2.75) is 25.9 Å². The third-order valence-electron chi connectivity index (χ3n) is 3.30. The maximum absolute atomic E-state index is 5.88. The van der Waals surface area contributed by atoms with Crippen LogP contribution in [0.3, 0.4) is 0 Å². The van der Waals surface area contributed by atoms with Crippen LogP contribution in [0.1, 0.15) is 18.5 Å². The second kappa shape index (κ2) is 5.81. The molecule has 0 radical (unpaired) electrons. The van der Waals surface area contributed by atoms with Crippen LogP contribution in [0.15, 0.2) is 30.9 Å². The van der Waals surface area contributed by atoms with Crippen molar-refractivity contribution in [2.75, 3.05) is 18.0 Å². The predicted octanol–water partition coefficient (Wildman–Crippen LogP) is 1.62. The van der Waals surface area contributed by atoms with Crippen LogP contribution in [0.5, 0.6) is 5.88 Å². The fourth-order valence-corrected chi connectivity index (χ4v) is 2.30. The van der Waals surface area contributed by atoms with Crippen molar-refractivity contribution >= 4 is 5.95 Å². The van der Waals surface area contributed by atoms with Gasteiger partial charge >= 0.3 is 0 Å². The fourth-order valence-electron chi connectivity index (χ4n) is 2.30. The maximum Gasteiger partial charge on any atom is 0.232 e. The van der Waals surface area contributed by atoms with E-state index in [2.05, 4.69) is 24.8 Å². The van der Waals surface area contributed by atoms with E-state index in [-0.39, 0.29) is 6.10 Å². The lowest BCUT2D eigenvalue weighted by Gasteiger charge is -2.31. The molecule has 1 saturated heterocycles. The van der Waals surface area contributed by atoms with E-state index in [1.807, 2.05) is 13.0 Å². The van der Waals surface area contributed by atoms with Gasteiger partial charge in [0.25, 0.3) is 0 Å². The quantitative estimate of drug-likeness (QED) is 0.845. The molecule has 2 aromatic heterocycles. The Labute approximate surface area is 117 Å². The molecule has 0 aliphatic carbocycles. The van der Waals surface area contributed by atoms with E-state index >= 15 is 0 Å². The highest BCUT2D eigenvalue weighted by molar-refractivity contribution is 5.29. The SMILES string of the molecule is Cc1cncc(OC2CCN(c3ncccn3)CC2)n1. The second-order valence-electron chi connectivity index (χ2n) is 4.85. The second-order valence-corrected chi connectivity index (χ2v) is 4.85. The van der Waals surface area contributed by atoms with Gasteiger partial charge in [-0.1, -0.05) is 0 Å². The molecule has 3 rings (SSSR count). The first kappa shape index (κ1) is 12.8. The number of hydrogen-bond donors (Lipinski definition) is 0. The molecule has 1 fully saturated rings. The molecule has 0 unspecified atom stereocenters. The van der Waals surface area contributed by atoms with Gasteiger partial charge in [-0.2, -0.15) is 0 Å². The summed E-state index contributed by atoms with van der Waals surface area (Å²) in [6, 6.07) is 1.83. The van der Waals surface area contributed by atoms with E-state index in [1.54, 1.807) is 24.8 Å². The van der Waals surface area contributed by atoms with E-state index in [0.29, 0.717) is 5.88 Å². The Morgan fingerprint density at radius 1 is 1.15 bits per heavy atom. The smallest absolute Gasteiger partial charge is 0.232 e. The van der Waals surface area contributed by atoms with Gasteiger partial charge in [0, 0.05) is 44.5 Å². The van der Waals surface area contributed by atoms with Crippen LogP contribution in [-0.2, 0) is 0 Å². The number of ether oxygens (including phenoxy) is 1. The predicted molar refractivity (Wildman–Crippen MR) is 74.7 cm³/mol. The van der Waals surface area contributed by atoms with Crippen LogP contribution < -0.4 is 9.64 Å². The standard InChI is InChI=1S/C14H17N5O/c1-11-9-15-10-13(18-11)20-12-3-7-19(8-4-12)14-16-5-2-6-17-14/h2,5-6,9-10,12H,3-4,7-8H2,1H3. The molecule has 6 heteroatoms. The Morgan fingerprint density at radius 3 is 2.60 bits per heavy atom. The summed E-state index contributed by atoms with van der Waals surface area (Å²) in [5.41, 5.74) is 0.873. The Hall–Kier alpha value is -2.24. The van der Waals surface area contributed by atoms with Gasteiger partial charge in [-0.15, -0.1) is 0 Å². The Kier molecular flexibility index (Phi) is 3.71. The molecule has 1 aliphatic heterocycles. The zero-order valence-electron chi connectivity index (χ0n) is 11.4. The molecule has 3 heterocycles. The molecule has 0 amide bonds. The van der Waals surface area contributed by atoms with E-state index in [1.165, 1.54) is 0 Å². The molecule has 20 heavy (non-hydrogen) atoms. The minimum Gasteiger partial charge on any atom is -0.473 e. The summed E-state index contributed by atoms with van der Waals surface area (Å²) in [6.45, 7) is 3.71. The van der Waals surface area contributed by atoms with Gasteiger partial charge in [-0.05, 0) is 13.0 Å². The molecule has 0 spiro atoms. The Bertz CT molecular complexity index is 555. The van der Waals surface area contributed by atoms with E-state index in [4.69, 9.17) is 4.74 Å². The van der Waals surface area contributed by atoms with Crippen molar-refractivity contribution in [3.8, 4) is 5.88 Å². The molecular formula is C14H17N5O. The largest absolute Gasteiger partial charge is 0.473 e. The first-order valence-corrected chi connectivity index (χ1v) is 6.78. The number of piperidine rings is 1. The molecule has 2 aromatic rings. The Morgan fingerprint density at radius 2 is 1.90 bits per heavy atom. The zero-order valence-corrected chi connectivity index (χ0v) is 11.4. The molecule has 0 atom stereocenters. The minimum absolute atomic E-state index is 0.186. The van der Waals surface area contributed by atoms with Crippen molar-refractivity contribution in [3.63, 3.8) is 0 Å².